The highest BCUT2D eigenvalue weighted by atomic mass is 32.2. The summed E-state index contributed by atoms with van der Waals surface area (Å²) in [5, 5.41) is 10.1. The van der Waals surface area contributed by atoms with Gasteiger partial charge in [0.25, 0.3) is 10.1 Å². The van der Waals surface area contributed by atoms with Crippen LogP contribution in [0.5, 0.6) is 0 Å². The Kier molecular flexibility index (Phi) is 6.19. The summed E-state index contributed by atoms with van der Waals surface area (Å²) in [6, 6.07) is 9.82. The van der Waals surface area contributed by atoms with Crippen molar-refractivity contribution in [1.82, 2.24) is 0 Å². The number of benzene rings is 1. The van der Waals surface area contributed by atoms with Gasteiger partial charge in [-0.2, -0.15) is 8.42 Å². The van der Waals surface area contributed by atoms with E-state index >= 15 is 0 Å². The molecule has 1 saturated carbocycles. The van der Waals surface area contributed by atoms with E-state index in [-0.39, 0.29) is 12.5 Å². The SMILES string of the molecule is C[C@@H](C[C@H](O)COCc1ccccc1)CC1(OS(C)(=O)=O)CC1. The zero-order valence-electron chi connectivity index (χ0n) is 13.8. The lowest BCUT2D eigenvalue weighted by atomic mass is 9.96. The molecule has 1 aliphatic rings. The van der Waals surface area contributed by atoms with Crippen LogP contribution in [0.2, 0.25) is 0 Å². The summed E-state index contributed by atoms with van der Waals surface area (Å²) in [5.74, 6) is 0.176. The molecule has 1 aliphatic carbocycles. The van der Waals surface area contributed by atoms with Gasteiger partial charge in [-0.15, -0.1) is 0 Å². The third-order valence-corrected chi connectivity index (χ3v) is 4.61. The van der Waals surface area contributed by atoms with Crippen LogP contribution in [0, 0.1) is 5.92 Å². The van der Waals surface area contributed by atoms with Gasteiger partial charge in [-0.1, -0.05) is 37.3 Å². The average molecular weight is 342 g/mol. The van der Waals surface area contributed by atoms with Gasteiger partial charge in [0.15, 0.2) is 0 Å². The first-order valence-corrected chi connectivity index (χ1v) is 9.80. The van der Waals surface area contributed by atoms with E-state index < -0.39 is 21.8 Å². The second kappa shape index (κ2) is 7.75. The van der Waals surface area contributed by atoms with Crippen molar-refractivity contribution in [2.45, 2.75) is 50.9 Å². The number of aliphatic hydroxyl groups is 1. The van der Waals surface area contributed by atoms with Crippen molar-refractivity contribution in [1.29, 1.82) is 0 Å². The number of hydrogen-bond acceptors (Lipinski definition) is 5. The van der Waals surface area contributed by atoms with Crippen LogP contribution in [-0.2, 0) is 25.6 Å². The van der Waals surface area contributed by atoms with Crippen LogP contribution < -0.4 is 0 Å². The molecule has 0 amide bonds. The molecule has 0 aromatic heterocycles. The zero-order valence-corrected chi connectivity index (χ0v) is 14.6. The second-order valence-corrected chi connectivity index (χ2v) is 8.24. The molecule has 0 spiro atoms. The number of aliphatic hydroxyl groups excluding tert-OH is 1. The molecule has 2 atom stereocenters. The molecule has 1 N–H and O–H groups in total. The van der Waals surface area contributed by atoms with Gasteiger partial charge in [-0.3, -0.25) is 4.18 Å². The van der Waals surface area contributed by atoms with Crippen LogP contribution in [0.3, 0.4) is 0 Å². The Balaban J connectivity index is 1.67. The molecule has 23 heavy (non-hydrogen) atoms. The Bertz CT molecular complexity index is 580. The van der Waals surface area contributed by atoms with E-state index in [0.717, 1.165) is 24.7 Å². The Morgan fingerprint density at radius 1 is 1.26 bits per heavy atom. The van der Waals surface area contributed by atoms with Crippen molar-refractivity contribution in [3.63, 3.8) is 0 Å². The Morgan fingerprint density at radius 2 is 1.91 bits per heavy atom. The highest BCUT2D eigenvalue weighted by Crippen LogP contribution is 2.46. The largest absolute Gasteiger partial charge is 0.391 e. The Morgan fingerprint density at radius 3 is 2.48 bits per heavy atom. The highest BCUT2D eigenvalue weighted by molar-refractivity contribution is 7.86. The van der Waals surface area contributed by atoms with E-state index in [2.05, 4.69) is 0 Å². The first-order chi connectivity index (χ1) is 10.8. The fourth-order valence-corrected chi connectivity index (χ4v) is 3.80. The summed E-state index contributed by atoms with van der Waals surface area (Å²) >= 11 is 0. The summed E-state index contributed by atoms with van der Waals surface area (Å²) in [6.45, 7) is 2.76. The van der Waals surface area contributed by atoms with Gasteiger partial charge in [-0.25, -0.2) is 0 Å². The molecule has 130 valence electrons. The normalized spacial score (nSPS) is 19.3. The lowest BCUT2D eigenvalue weighted by molar-refractivity contribution is 0.0137. The molecule has 2 rings (SSSR count). The topological polar surface area (TPSA) is 72.8 Å². The molecule has 0 saturated heterocycles. The molecule has 6 heteroatoms. The maximum Gasteiger partial charge on any atom is 0.264 e. The van der Waals surface area contributed by atoms with Gasteiger partial charge < -0.3 is 9.84 Å². The van der Waals surface area contributed by atoms with Gasteiger partial charge in [0.2, 0.25) is 0 Å². The first-order valence-electron chi connectivity index (χ1n) is 7.98. The minimum atomic E-state index is -3.43. The van der Waals surface area contributed by atoms with Crippen molar-refractivity contribution in [2.24, 2.45) is 5.92 Å². The number of rotatable bonds is 10. The maximum atomic E-state index is 11.3. The van der Waals surface area contributed by atoms with Crippen LogP contribution in [0.4, 0.5) is 0 Å². The predicted molar refractivity (Wildman–Crippen MR) is 88.4 cm³/mol. The zero-order chi connectivity index (χ0) is 16.9. The monoisotopic (exact) mass is 342 g/mol. The van der Waals surface area contributed by atoms with Gasteiger partial charge in [0.1, 0.15) is 0 Å². The second-order valence-electron chi connectivity index (χ2n) is 6.67. The molecular formula is C17H26O5S. The summed E-state index contributed by atoms with van der Waals surface area (Å²) in [5.41, 5.74) is 0.545. The van der Waals surface area contributed by atoms with E-state index in [1.165, 1.54) is 0 Å². The first kappa shape index (κ1) is 18.4. The Hall–Kier alpha value is -0.950. The number of hydrogen-bond donors (Lipinski definition) is 1. The van der Waals surface area contributed by atoms with Crippen molar-refractivity contribution in [3.05, 3.63) is 35.9 Å². The number of ether oxygens (including phenoxy) is 1. The van der Waals surface area contributed by atoms with Crippen molar-refractivity contribution >= 4 is 10.1 Å². The van der Waals surface area contributed by atoms with Gasteiger partial charge in [0.05, 0.1) is 31.2 Å². The third-order valence-electron chi connectivity index (χ3n) is 3.95. The summed E-state index contributed by atoms with van der Waals surface area (Å²) in [6.07, 6.45) is 3.29. The lowest BCUT2D eigenvalue weighted by Crippen LogP contribution is -2.25. The van der Waals surface area contributed by atoms with E-state index in [1.54, 1.807) is 0 Å². The van der Waals surface area contributed by atoms with Crippen molar-refractivity contribution in [2.75, 3.05) is 12.9 Å². The smallest absolute Gasteiger partial charge is 0.264 e. The van der Waals surface area contributed by atoms with E-state index in [1.807, 2.05) is 37.3 Å². The molecule has 1 fully saturated rings. The molecular weight excluding hydrogens is 316 g/mol. The van der Waals surface area contributed by atoms with Gasteiger partial charge >= 0.3 is 0 Å². The quantitative estimate of drug-likeness (QED) is 0.661. The van der Waals surface area contributed by atoms with Crippen LogP contribution in [0.1, 0.15) is 38.2 Å². The molecule has 0 aliphatic heterocycles. The molecule has 1 aromatic rings. The van der Waals surface area contributed by atoms with Crippen molar-refractivity contribution < 1.29 is 22.4 Å². The van der Waals surface area contributed by atoms with Crippen LogP contribution in [0.25, 0.3) is 0 Å². The summed E-state index contributed by atoms with van der Waals surface area (Å²) < 4.78 is 33.3. The standard InChI is InChI=1S/C17H26O5S/c1-14(11-17(8-9-17)22-23(2,19)20)10-16(18)13-21-12-15-6-4-3-5-7-15/h3-7,14,16,18H,8-13H2,1-2H3/t14-,16-/m0/s1. The lowest BCUT2D eigenvalue weighted by Gasteiger charge is -2.21. The molecule has 0 heterocycles. The molecule has 1 aromatic carbocycles. The third kappa shape index (κ3) is 6.99. The minimum absolute atomic E-state index is 0.176. The molecule has 0 unspecified atom stereocenters. The molecule has 0 bridgehead atoms. The predicted octanol–water partition coefficient (Wildman–Crippen LogP) is 2.49. The maximum absolute atomic E-state index is 11.3. The van der Waals surface area contributed by atoms with Crippen LogP contribution in [-0.4, -0.2) is 38.1 Å². The molecule has 5 nitrogen and oxygen atoms in total. The average Bonchev–Trinajstić information content (AvgIpc) is 3.16. The van der Waals surface area contributed by atoms with E-state index in [4.69, 9.17) is 8.92 Å². The minimum Gasteiger partial charge on any atom is -0.391 e. The summed E-state index contributed by atoms with van der Waals surface area (Å²) in [4.78, 5) is 0. The van der Waals surface area contributed by atoms with Crippen LogP contribution in [0.15, 0.2) is 30.3 Å². The summed E-state index contributed by atoms with van der Waals surface area (Å²) in [7, 11) is -3.43. The van der Waals surface area contributed by atoms with Gasteiger partial charge in [0, 0.05) is 0 Å². The van der Waals surface area contributed by atoms with Gasteiger partial charge in [-0.05, 0) is 37.2 Å². The Labute approximate surface area is 138 Å². The van der Waals surface area contributed by atoms with Crippen LogP contribution >= 0.6 is 0 Å². The van der Waals surface area contributed by atoms with Crippen molar-refractivity contribution in [3.8, 4) is 0 Å². The highest BCUT2D eigenvalue weighted by Gasteiger charge is 2.47. The van der Waals surface area contributed by atoms with E-state index in [9.17, 15) is 13.5 Å². The molecule has 0 radical (unpaired) electrons. The fourth-order valence-electron chi connectivity index (χ4n) is 2.92. The van der Waals surface area contributed by atoms with E-state index in [0.29, 0.717) is 19.4 Å². The fraction of sp³-hybridized carbons (Fsp3) is 0.647.